The number of aromatic nitrogens is 3. The summed E-state index contributed by atoms with van der Waals surface area (Å²) in [5.74, 6) is 0.949. The van der Waals surface area contributed by atoms with Crippen molar-refractivity contribution < 1.29 is 0 Å². The molecule has 19 heavy (non-hydrogen) atoms. The number of fused-ring (bicyclic) bond motifs is 1. The first-order chi connectivity index (χ1) is 9.29. The van der Waals surface area contributed by atoms with E-state index in [0.29, 0.717) is 6.42 Å². The number of thiophene rings is 1. The van der Waals surface area contributed by atoms with Gasteiger partial charge in [-0.2, -0.15) is 5.10 Å². The van der Waals surface area contributed by atoms with Gasteiger partial charge in [-0.05, 0) is 29.3 Å². The normalized spacial score (nSPS) is 12.9. The van der Waals surface area contributed by atoms with Crippen molar-refractivity contribution in [1.29, 1.82) is 0 Å². The minimum Gasteiger partial charge on any atom is -0.324 e. The van der Waals surface area contributed by atoms with Gasteiger partial charge in [-0.25, -0.2) is 4.98 Å². The quantitative estimate of drug-likeness (QED) is 0.794. The van der Waals surface area contributed by atoms with E-state index < -0.39 is 0 Å². The molecule has 0 spiro atoms. The fourth-order valence-corrected chi connectivity index (χ4v) is 3.33. The summed E-state index contributed by atoms with van der Waals surface area (Å²) in [6, 6.07) is 8.34. The van der Waals surface area contributed by atoms with Crippen molar-refractivity contribution in [3.05, 3.63) is 47.4 Å². The van der Waals surface area contributed by atoms with E-state index in [-0.39, 0.29) is 6.04 Å². The summed E-state index contributed by atoms with van der Waals surface area (Å²) in [4.78, 5) is 4.29. The smallest absolute Gasteiger partial charge is 0.138 e. The monoisotopic (exact) mass is 272 g/mol. The molecule has 5 heteroatoms. The van der Waals surface area contributed by atoms with Crippen molar-refractivity contribution in [3.63, 3.8) is 0 Å². The highest BCUT2D eigenvalue weighted by Gasteiger charge is 2.15. The van der Waals surface area contributed by atoms with Gasteiger partial charge in [-0.15, -0.1) is 11.3 Å². The van der Waals surface area contributed by atoms with E-state index in [9.17, 15) is 0 Å². The van der Waals surface area contributed by atoms with Crippen molar-refractivity contribution in [2.75, 3.05) is 0 Å². The molecule has 1 aromatic carbocycles. The fraction of sp³-hybridized carbons (Fsp3) is 0.286. The maximum Gasteiger partial charge on any atom is 0.138 e. The molecule has 4 nitrogen and oxygen atoms in total. The van der Waals surface area contributed by atoms with Gasteiger partial charge in [-0.3, -0.25) is 4.68 Å². The van der Waals surface area contributed by atoms with Crippen molar-refractivity contribution >= 4 is 21.4 Å². The van der Waals surface area contributed by atoms with Gasteiger partial charge in [0.15, 0.2) is 0 Å². The number of nitrogens with two attached hydrogens (primary N) is 1. The van der Waals surface area contributed by atoms with Crippen molar-refractivity contribution in [3.8, 4) is 0 Å². The fourth-order valence-electron chi connectivity index (χ4n) is 2.30. The molecular weight excluding hydrogens is 256 g/mol. The highest BCUT2D eigenvalue weighted by Crippen LogP contribution is 2.30. The van der Waals surface area contributed by atoms with Crippen LogP contribution < -0.4 is 5.73 Å². The average Bonchev–Trinajstić information content (AvgIpc) is 3.04. The Balaban J connectivity index is 1.90. The van der Waals surface area contributed by atoms with Gasteiger partial charge in [0.2, 0.25) is 0 Å². The zero-order valence-corrected chi connectivity index (χ0v) is 11.6. The van der Waals surface area contributed by atoms with E-state index in [1.807, 2.05) is 4.68 Å². The third-order valence-electron chi connectivity index (χ3n) is 3.31. The second kappa shape index (κ2) is 5.11. The number of aryl methyl sites for hydroxylation is 1. The first kappa shape index (κ1) is 12.3. The van der Waals surface area contributed by atoms with E-state index >= 15 is 0 Å². The van der Waals surface area contributed by atoms with E-state index in [2.05, 4.69) is 46.7 Å². The maximum atomic E-state index is 6.35. The topological polar surface area (TPSA) is 56.7 Å². The Bertz CT molecular complexity index is 685. The minimum absolute atomic E-state index is 0.0364. The predicted octanol–water partition coefficient (Wildman–Crippen LogP) is 2.76. The molecule has 0 aliphatic heterocycles. The first-order valence-electron chi connectivity index (χ1n) is 6.38. The Kier molecular flexibility index (Phi) is 3.31. The van der Waals surface area contributed by atoms with Crippen molar-refractivity contribution in [2.45, 2.75) is 25.9 Å². The van der Waals surface area contributed by atoms with Crippen LogP contribution in [0.2, 0.25) is 0 Å². The predicted molar refractivity (Wildman–Crippen MR) is 78.2 cm³/mol. The molecule has 1 atom stereocenters. The molecule has 2 heterocycles. The molecule has 3 aromatic rings. The molecule has 98 valence electrons. The van der Waals surface area contributed by atoms with E-state index in [4.69, 9.17) is 5.73 Å². The van der Waals surface area contributed by atoms with Gasteiger partial charge >= 0.3 is 0 Å². The molecule has 3 rings (SSSR count). The molecule has 2 N–H and O–H groups in total. The van der Waals surface area contributed by atoms with Crippen LogP contribution in [0.5, 0.6) is 0 Å². The van der Waals surface area contributed by atoms with Gasteiger partial charge in [-0.1, -0.05) is 18.2 Å². The molecular formula is C14H16N4S. The number of rotatable bonds is 4. The molecule has 0 saturated heterocycles. The standard InChI is InChI=1S/C14H16N4S/c1-2-18-14(16-9-17-18)7-12(15)11-8-19-13-6-4-3-5-10(11)13/h3-6,8-9,12H,2,7,15H2,1H3. The highest BCUT2D eigenvalue weighted by atomic mass is 32.1. The largest absolute Gasteiger partial charge is 0.324 e. The van der Waals surface area contributed by atoms with Crippen LogP contribution in [0, 0.1) is 0 Å². The molecule has 0 amide bonds. The Hall–Kier alpha value is -1.72. The summed E-state index contributed by atoms with van der Waals surface area (Å²) in [7, 11) is 0. The lowest BCUT2D eigenvalue weighted by atomic mass is 10.0. The summed E-state index contributed by atoms with van der Waals surface area (Å²) < 4.78 is 3.18. The Labute approximate surface area is 115 Å². The molecule has 0 saturated carbocycles. The van der Waals surface area contributed by atoms with Gasteiger partial charge in [0.1, 0.15) is 12.2 Å². The van der Waals surface area contributed by atoms with Crippen LogP contribution in [0.15, 0.2) is 36.0 Å². The van der Waals surface area contributed by atoms with E-state index in [0.717, 1.165) is 12.4 Å². The molecule has 0 fully saturated rings. The second-order valence-electron chi connectivity index (χ2n) is 4.49. The Morgan fingerprint density at radius 3 is 3.05 bits per heavy atom. The zero-order chi connectivity index (χ0) is 13.2. The van der Waals surface area contributed by atoms with Gasteiger partial charge in [0.05, 0.1) is 0 Å². The lowest BCUT2D eigenvalue weighted by Crippen LogP contribution is -2.16. The SMILES string of the molecule is CCn1ncnc1CC(N)c1csc2ccccc12. The summed E-state index contributed by atoms with van der Waals surface area (Å²) >= 11 is 1.74. The summed E-state index contributed by atoms with van der Waals surface area (Å²) in [5, 5.41) is 7.59. The van der Waals surface area contributed by atoms with E-state index in [1.54, 1.807) is 17.7 Å². The number of benzene rings is 1. The van der Waals surface area contributed by atoms with Crippen LogP contribution in [0.1, 0.15) is 24.4 Å². The molecule has 0 aliphatic rings. The highest BCUT2D eigenvalue weighted by molar-refractivity contribution is 7.17. The maximum absolute atomic E-state index is 6.35. The van der Waals surface area contributed by atoms with Crippen LogP contribution in [0.3, 0.4) is 0 Å². The average molecular weight is 272 g/mol. The summed E-state index contributed by atoms with van der Waals surface area (Å²) in [6.07, 6.45) is 2.31. The number of hydrogen-bond acceptors (Lipinski definition) is 4. The molecule has 0 aliphatic carbocycles. The van der Waals surface area contributed by atoms with Crippen molar-refractivity contribution in [2.24, 2.45) is 5.73 Å². The van der Waals surface area contributed by atoms with Crippen LogP contribution in [-0.2, 0) is 13.0 Å². The Morgan fingerprint density at radius 1 is 1.37 bits per heavy atom. The zero-order valence-electron chi connectivity index (χ0n) is 10.8. The summed E-state index contributed by atoms with van der Waals surface area (Å²) in [6.45, 7) is 2.89. The molecule has 1 unspecified atom stereocenters. The lowest BCUT2D eigenvalue weighted by molar-refractivity contribution is 0.583. The van der Waals surface area contributed by atoms with Gasteiger partial charge in [0.25, 0.3) is 0 Å². The number of hydrogen-bond donors (Lipinski definition) is 1. The van der Waals surface area contributed by atoms with Crippen LogP contribution in [0.4, 0.5) is 0 Å². The first-order valence-corrected chi connectivity index (χ1v) is 7.26. The van der Waals surface area contributed by atoms with Gasteiger partial charge in [0, 0.05) is 23.7 Å². The summed E-state index contributed by atoms with van der Waals surface area (Å²) in [5.41, 5.74) is 7.55. The lowest BCUT2D eigenvalue weighted by Gasteiger charge is -2.11. The van der Waals surface area contributed by atoms with Gasteiger partial charge < -0.3 is 5.73 Å². The van der Waals surface area contributed by atoms with E-state index in [1.165, 1.54) is 15.6 Å². The second-order valence-corrected chi connectivity index (χ2v) is 5.40. The number of nitrogens with zero attached hydrogens (tertiary/aromatic N) is 3. The van der Waals surface area contributed by atoms with Crippen molar-refractivity contribution in [1.82, 2.24) is 14.8 Å². The molecule has 0 radical (unpaired) electrons. The molecule has 2 aromatic heterocycles. The third-order valence-corrected chi connectivity index (χ3v) is 4.29. The Morgan fingerprint density at radius 2 is 2.21 bits per heavy atom. The third kappa shape index (κ3) is 2.27. The molecule has 0 bridgehead atoms. The van der Waals surface area contributed by atoms with Crippen LogP contribution >= 0.6 is 11.3 Å². The van der Waals surface area contributed by atoms with Crippen LogP contribution in [-0.4, -0.2) is 14.8 Å². The van der Waals surface area contributed by atoms with Crippen LogP contribution in [0.25, 0.3) is 10.1 Å². The minimum atomic E-state index is -0.0364.